The standard InChI is InChI=1S/C21H20N2/c1-16-6-10-18(11-7-16)21(19-12-8-17(2)9-13-19)23-15-20-5-3-4-14-22-20/h3-15,21H,1-2H3. The second kappa shape index (κ2) is 7.01. The van der Waals surface area contributed by atoms with Gasteiger partial charge in [0, 0.05) is 12.4 Å². The van der Waals surface area contributed by atoms with E-state index in [9.17, 15) is 0 Å². The minimum atomic E-state index is -0.0155. The zero-order chi connectivity index (χ0) is 16.1. The van der Waals surface area contributed by atoms with E-state index in [0.29, 0.717) is 0 Å². The van der Waals surface area contributed by atoms with Crippen LogP contribution in [0.5, 0.6) is 0 Å². The molecule has 0 bridgehead atoms. The number of aromatic nitrogens is 1. The summed E-state index contributed by atoms with van der Waals surface area (Å²) in [5.41, 5.74) is 5.75. The number of benzene rings is 2. The quantitative estimate of drug-likeness (QED) is 0.629. The molecule has 0 saturated carbocycles. The minimum absolute atomic E-state index is 0.0155. The summed E-state index contributed by atoms with van der Waals surface area (Å²) in [5, 5.41) is 0. The summed E-state index contributed by atoms with van der Waals surface area (Å²) in [7, 11) is 0. The van der Waals surface area contributed by atoms with Crippen LogP contribution in [0.25, 0.3) is 0 Å². The van der Waals surface area contributed by atoms with Crippen LogP contribution in [-0.2, 0) is 0 Å². The van der Waals surface area contributed by atoms with Crippen molar-refractivity contribution in [1.82, 2.24) is 4.98 Å². The Morgan fingerprint density at radius 1 is 0.783 bits per heavy atom. The molecule has 3 rings (SSSR count). The van der Waals surface area contributed by atoms with Gasteiger partial charge in [0.2, 0.25) is 0 Å². The fourth-order valence-corrected chi connectivity index (χ4v) is 2.47. The summed E-state index contributed by atoms with van der Waals surface area (Å²) in [6.45, 7) is 4.20. The Hall–Kier alpha value is -2.74. The van der Waals surface area contributed by atoms with Crippen LogP contribution in [0.1, 0.15) is 34.0 Å². The minimum Gasteiger partial charge on any atom is -0.278 e. The Morgan fingerprint density at radius 3 is 1.83 bits per heavy atom. The zero-order valence-corrected chi connectivity index (χ0v) is 13.5. The number of aryl methyl sites for hydroxylation is 2. The first kappa shape index (κ1) is 15.2. The number of hydrogen-bond acceptors (Lipinski definition) is 2. The SMILES string of the molecule is Cc1ccc(C(N=Cc2ccccn2)c2ccc(C)cc2)cc1. The van der Waals surface area contributed by atoms with Gasteiger partial charge in [-0.05, 0) is 37.1 Å². The zero-order valence-electron chi connectivity index (χ0n) is 13.5. The average Bonchev–Trinajstić information content (AvgIpc) is 2.59. The highest BCUT2D eigenvalue weighted by Gasteiger charge is 2.12. The highest BCUT2D eigenvalue weighted by Crippen LogP contribution is 2.26. The number of hydrogen-bond donors (Lipinski definition) is 0. The third-order valence-corrected chi connectivity index (χ3v) is 3.83. The first-order valence-corrected chi connectivity index (χ1v) is 7.80. The van der Waals surface area contributed by atoms with Gasteiger partial charge in [0.15, 0.2) is 0 Å². The third kappa shape index (κ3) is 3.92. The highest BCUT2D eigenvalue weighted by atomic mass is 14.8. The van der Waals surface area contributed by atoms with Gasteiger partial charge in [-0.1, -0.05) is 65.7 Å². The number of pyridine rings is 1. The normalized spacial score (nSPS) is 11.3. The van der Waals surface area contributed by atoms with Crippen LogP contribution in [-0.4, -0.2) is 11.2 Å². The van der Waals surface area contributed by atoms with Crippen molar-refractivity contribution in [3.8, 4) is 0 Å². The van der Waals surface area contributed by atoms with Gasteiger partial charge in [-0.15, -0.1) is 0 Å². The lowest BCUT2D eigenvalue weighted by molar-refractivity contribution is 0.876. The maximum Gasteiger partial charge on any atom is 0.1000 e. The maximum atomic E-state index is 4.81. The Balaban J connectivity index is 1.97. The van der Waals surface area contributed by atoms with E-state index in [4.69, 9.17) is 4.99 Å². The molecule has 0 saturated heterocycles. The van der Waals surface area contributed by atoms with Crippen molar-refractivity contribution in [2.24, 2.45) is 4.99 Å². The van der Waals surface area contributed by atoms with Gasteiger partial charge in [0.05, 0.1) is 11.7 Å². The summed E-state index contributed by atoms with van der Waals surface area (Å²) < 4.78 is 0. The van der Waals surface area contributed by atoms with Gasteiger partial charge in [-0.3, -0.25) is 9.98 Å². The van der Waals surface area contributed by atoms with Gasteiger partial charge in [0.1, 0.15) is 0 Å². The van der Waals surface area contributed by atoms with Gasteiger partial charge in [0.25, 0.3) is 0 Å². The molecule has 0 aliphatic rings. The molecule has 0 unspecified atom stereocenters. The van der Waals surface area contributed by atoms with Crippen LogP contribution in [0.4, 0.5) is 0 Å². The Bertz CT molecular complexity index is 727. The molecule has 0 amide bonds. The van der Waals surface area contributed by atoms with Gasteiger partial charge >= 0.3 is 0 Å². The molecule has 0 N–H and O–H groups in total. The first-order chi connectivity index (χ1) is 11.2. The molecule has 1 heterocycles. The van der Waals surface area contributed by atoms with Crippen molar-refractivity contribution in [2.75, 3.05) is 0 Å². The fourth-order valence-electron chi connectivity index (χ4n) is 2.47. The molecule has 0 spiro atoms. The van der Waals surface area contributed by atoms with Crippen LogP contribution in [0.3, 0.4) is 0 Å². The van der Waals surface area contributed by atoms with Crippen molar-refractivity contribution in [3.63, 3.8) is 0 Å². The maximum absolute atomic E-state index is 4.81. The molecule has 2 nitrogen and oxygen atoms in total. The third-order valence-electron chi connectivity index (χ3n) is 3.83. The monoisotopic (exact) mass is 300 g/mol. The lowest BCUT2D eigenvalue weighted by Gasteiger charge is -2.14. The predicted octanol–water partition coefficient (Wildman–Crippen LogP) is 4.91. The lowest BCUT2D eigenvalue weighted by Crippen LogP contribution is -2.00. The number of aliphatic imine (C=N–C) groups is 1. The molecule has 3 aromatic rings. The van der Waals surface area contributed by atoms with E-state index in [1.807, 2.05) is 24.4 Å². The molecule has 0 aliphatic carbocycles. The Kier molecular flexibility index (Phi) is 4.62. The summed E-state index contributed by atoms with van der Waals surface area (Å²) in [5.74, 6) is 0. The van der Waals surface area contributed by atoms with Crippen molar-refractivity contribution in [3.05, 3.63) is 101 Å². The summed E-state index contributed by atoms with van der Waals surface area (Å²) in [6.07, 6.45) is 3.64. The van der Waals surface area contributed by atoms with E-state index in [2.05, 4.69) is 67.4 Å². The average molecular weight is 300 g/mol. The molecule has 0 fully saturated rings. The molecular weight excluding hydrogens is 280 g/mol. The van der Waals surface area contributed by atoms with E-state index in [-0.39, 0.29) is 6.04 Å². The van der Waals surface area contributed by atoms with Gasteiger partial charge < -0.3 is 0 Å². The topological polar surface area (TPSA) is 25.2 Å². The van der Waals surface area contributed by atoms with Gasteiger partial charge in [-0.2, -0.15) is 0 Å². The Labute approximate surface area is 137 Å². The first-order valence-electron chi connectivity index (χ1n) is 7.80. The molecule has 2 aromatic carbocycles. The number of rotatable bonds is 4. The summed E-state index contributed by atoms with van der Waals surface area (Å²) >= 11 is 0. The molecular formula is C21H20N2. The van der Waals surface area contributed by atoms with E-state index in [1.165, 1.54) is 22.3 Å². The highest BCUT2D eigenvalue weighted by molar-refractivity contribution is 5.77. The molecule has 0 radical (unpaired) electrons. The number of nitrogens with zero attached hydrogens (tertiary/aromatic N) is 2. The van der Waals surface area contributed by atoms with Crippen molar-refractivity contribution >= 4 is 6.21 Å². The molecule has 114 valence electrons. The van der Waals surface area contributed by atoms with Crippen LogP contribution in [0.2, 0.25) is 0 Å². The molecule has 0 atom stereocenters. The van der Waals surface area contributed by atoms with Crippen LogP contribution < -0.4 is 0 Å². The van der Waals surface area contributed by atoms with Crippen LogP contribution >= 0.6 is 0 Å². The molecule has 23 heavy (non-hydrogen) atoms. The van der Waals surface area contributed by atoms with Crippen molar-refractivity contribution < 1.29 is 0 Å². The van der Waals surface area contributed by atoms with Crippen LogP contribution in [0.15, 0.2) is 77.9 Å². The molecule has 0 aliphatic heterocycles. The van der Waals surface area contributed by atoms with Crippen LogP contribution in [0, 0.1) is 13.8 Å². The summed E-state index contributed by atoms with van der Waals surface area (Å²) in [6, 6.07) is 23.0. The lowest BCUT2D eigenvalue weighted by atomic mass is 9.97. The van der Waals surface area contributed by atoms with E-state index in [0.717, 1.165) is 5.69 Å². The molecule has 1 aromatic heterocycles. The smallest absolute Gasteiger partial charge is 0.1000 e. The van der Waals surface area contributed by atoms with E-state index >= 15 is 0 Å². The summed E-state index contributed by atoms with van der Waals surface area (Å²) in [4.78, 5) is 9.12. The Morgan fingerprint density at radius 2 is 1.35 bits per heavy atom. The second-order valence-corrected chi connectivity index (χ2v) is 5.76. The molecule has 2 heteroatoms. The van der Waals surface area contributed by atoms with E-state index in [1.54, 1.807) is 6.20 Å². The largest absolute Gasteiger partial charge is 0.278 e. The fraction of sp³-hybridized carbons (Fsp3) is 0.143. The van der Waals surface area contributed by atoms with Gasteiger partial charge in [-0.25, -0.2) is 0 Å². The predicted molar refractivity (Wildman–Crippen MR) is 96.0 cm³/mol. The van der Waals surface area contributed by atoms with Crippen molar-refractivity contribution in [2.45, 2.75) is 19.9 Å². The van der Waals surface area contributed by atoms with Crippen molar-refractivity contribution in [1.29, 1.82) is 0 Å². The second-order valence-electron chi connectivity index (χ2n) is 5.76. The van der Waals surface area contributed by atoms with E-state index < -0.39 is 0 Å².